The van der Waals surface area contributed by atoms with Gasteiger partial charge in [-0.05, 0) is 42.8 Å². The molecule has 1 atom stereocenters. The van der Waals surface area contributed by atoms with Crippen molar-refractivity contribution in [3.8, 4) is 0 Å². The second kappa shape index (κ2) is 6.32. The standard InChI is InChI=1S/C17H21FN4/c1-13(19)15-12-14(18)5-6-16(15)21-8-10-22(11-9-21)17-4-2-3-7-20-17/h2-7,12-13H,8-11,19H2,1H3. The monoisotopic (exact) mass is 300 g/mol. The van der Waals surface area contributed by atoms with E-state index in [1.54, 1.807) is 6.07 Å². The fourth-order valence-corrected chi connectivity index (χ4v) is 2.90. The van der Waals surface area contributed by atoms with E-state index < -0.39 is 0 Å². The fraction of sp³-hybridized carbons (Fsp3) is 0.353. The number of rotatable bonds is 3. The molecule has 2 aromatic rings. The smallest absolute Gasteiger partial charge is 0.128 e. The molecule has 1 aromatic carbocycles. The van der Waals surface area contributed by atoms with Crippen LogP contribution in [0.15, 0.2) is 42.6 Å². The molecule has 1 unspecified atom stereocenters. The molecule has 2 heterocycles. The number of nitrogens with zero attached hydrogens (tertiary/aromatic N) is 3. The maximum absolute atomic E-state index is 13.5. The molecule has 0 bridgehead atoms. The lowest BCUT2D eigenvalue weighted by Crippen LogP contribution is -2.47. The van der Waals surface area contributed by atoms with Gasteiger partial charge in [0.05, 0.1) is 0 Å². The molecule has 1 fully saturated rings. The Bertz CT molecular complexity index is 622. The van der Waals surface area contributed by atoms with E-state index in [0.717, 1.165) is 43.2 Å². The zero-order valence-corrected chi connectivity index (χ0v) is 12.7. The van der Waals surface area contributed by atoms with Crippen molar-refractivity contribution in [2.45, 2.75) is 13.0 Å². The van der Waals surface area contributed by atoms with Gasteiger partial charge < -0.3 is 15.5 Å². The van der Waals surface area contributed by atoms with Gasteiger partial charge in [-0.25, -0.2) is 9.37 Å². The third-order valence-corrected chi connectivity index (χ3v) is 4.07. The quantitative estimate of drug-likeness (QED) is 0.946. The highest BCUT2D eigenvalue weighted by atomic mass is 19.1. The van der Waals surface area contributed by atoms with Gasteiger partial charge in [0, 0.05) is 44.1 Å². The van der Waals surface area contributed by atoms with Gasteiger partial charge in [0.25, 0.3) is 0 Å². The Kier molecular flexibility index (Phi) is 4.24. The van der Waals surface area contributed by atoms with Crippen molar-refractivity contribution in [3.05, 3.63) is 54.0 Å². The van der Waals surface area contributed by atoms with Crippen LogP contribution in [-0.4, -0.2) is 31.2 Å². The molecule has 0 spiro atoms. The van der Waals surface area contributed by atoms with Gasteiger partial charge >= 0.3 is 0 Å². The summed E-state index contributed by atoms with van der Waals surface area (Å²) in [7, 11) is 0. The number of pyridine rings is 1. The first-order chi connectivity index (χ1) is 10.6. The first-order valence-corrected chi connectivity index (χ1v) is 7.61. The number of benzene rings is 1. The number of halogens is 1. The third kappa shape index (κ3) is 3.04. The molecular weight excluding hydrogens is 279 g/mol. The van der Waals surface area contributed by atoms with Crippen molar-refractivity contribution in [2.24, 2.45) is 5.73 Å². The molecule has 0 saturated carbocycles. The van der Waals surface area contributed by atoms with Gasteiger partial charge in [-0.1, -0.05) is 6.07 Å². The Balaban J connectivity index is 1.74. The van der Waals surface area contributed by atoms with Gasteiger partial charge in [0.2, 0.25) is 0 Å². The van der Waals surface area contributed by atoms with Crippen LogP contribution in [-0.2, 0) is 0 Å². The number of hydrogen-bond acceptors (Lipinski definition) is 4. The molecule has 2 N–H and O–H groups in total. The van der Waals surface area contributed by atoms with Crippen molar-refractivity contribution in [3.63, 3.8) is 0 Å². The van der Waals surface area contributed by atoms with E-state index in [1.165, 1.54) is 6.07 Å². The molecule has 1 aliphatic heterocycles. The van der Waals surface area contributed by atoms with Crippen LogP contribution in [0.5, 0.6) is 0 Å². The summed E-state index contributed by atoms with van der Waals surface area (Å²) in [5.41, 5.74) is 7.90. The molecule has 0 aliphatic carbocycles. The maximum atomic E-state index is 13.5. The number of anilines is 2. The minimum absolute atomic E-state index is 0.181. The average molecular weight is 300 g/mol. The summed E-state index contributed by atoms with van der Waals surface area (Å²) in [5.74, 6) is 0.775. The van der Waals surface area contributed by atoms with Gasteiger partial charge in [0.15, 0.2) is 0 Å². The Hall–Kier alpha value is -2.14. The lowest BCUT2D eigenvalue weighted by molar-refractivity contribution is 0.616. The third-order valence-electron chi connectivity index (χ3n) is 4.07. The van der Waals surface area contributed by atoms with E-state index in [4.69, 9.17) is 5.73 Å². The lowest BCUT2D eigenvalue weighted by Gasteiger charge is -2.38. The predicted molar refractivity (Wildman–Crippen MR) is 87.7 cm³/mol. The van der Waals surface area contributed by atoms with E-state index in [2.05, 4.69) is 14.8 Å². The second-order valence-corrected chi connectivity index (χ2v) is 5.65. The SMILES string of the molecule is CC(N)c1cc(F)ccc1N1CCN(c2ccccn2)CC1. The van der Waals surface area contributed by atoms with Crippen molar-refractivity contribution >= 4 is 11.5 Å². The summed E-state index contributed by atoms with van der Waals surface area (Å²) in [5, 5.41) is 0. The van der Waals surface area contributed by atoms with E-state index >= 15 is 0 Å². The molecule has 1 aromatic heterocycles. The van der Waals surface area contributed by atoms with Gasteiger partial charge in [0.1, 0.15) is 11.6 Å². The summed E-state index contributed by atoms with van der Waals surface area (Å²) in [4.78, 5) is 8.94. The minimum Gasteiger partial charge on any atom is -0.368 e. The summed E-state index contributed by atoms with van der Waals surface area (Å²) < 4.78 is 13.5. The molecule has 4 nitrogen and oxygen atoms in total. The molecule has 3 rings (SSSR count). The zero-order valence-electron chi connectivity index (χ0n) is 12.7. The largest absolute Gasteiger partial charge is 0.368 e. The number of hydrogen-bond donors (Lipinski definition) is 1. The Morgan fingerprint density at radius 2 is 1.82 bits per heavy atom. The Morgan fingerprint density at radius 1 is 1.09 bits per heavy atom. The summed E-state index contributed by atoms with van der Waals surface area (Å²) >= 11 is 0. The van der Waals surface area contributed by atoms with Crippen LogP contribution in [0, 0.1) is 5.82 Å². The van der Waals surface area contributed by atoms with Gasteiger partial charge in [-0.15, -0.1) is 0 Å². The van der Waals surface area contributed by atoms with Crippen LogP contribution in [0.1, 0.15) is 18.5 Å². The fourth-order valence-electron chi connectivity index (χ4n) is 2.90. The van der Waals surface area contributed by atoms with E-state index in [1.807, 2.05) is 37.4 Å². The molecule has 0 amide bonds. The lowest BCUT2D eigenvalue weighted by atomic mass is 10.0. The second-order valence-electron chi connectivity index (χ2n) is 5.65. The number of aromatic nitrogens is 1. The van der Waals surface area contributed by atoms with E-state index in [9.17, 15) is 4.39 Å². The summed E-state index contributed by atoms with van der Waals surface area (Å²) in [6.07, 6.45) is 1.82. The van der Waals surface area contributed by atoms with Crippen molar-refractivity contribution < 1.29 is 4.39 Å². The molecule has 22 heavy (non-hydrogen) atoms. The Labute approximate surface area is 130 Å². The highest BCUT2D eigenvalue weighted by Crippen LogP contribution is 2.27. The Morgan fingerprint density at radius 3 is 2.45 bits per heavy atom. The zero-order chi connectivity index (χ0) is 15.5. The van der Waals surface area contributed by atoms with Gasteiger partial charge in [-0.3, -0.25) is 0 Å². The highest BCUT2D eigenvalue weighted by molar-refractivity contribution is 5.56. The van der Waals surface area contributed by atoms with Crippen LogP contribution >= 0.6 is 0 Å². The maximum Gasteiger partial charge on any atom is 0.128 e. The van der Waals surface area contributed by atoms with Crippen LogP contribution in [0.25, 0.3) is 0 Å². The van der Waals surface area contributed by atoms with E-state index in [0.29, 0.717) is 0 Å². The van der Waals surface area contributed by atoms with Crippen molar-refractivity contribution in [1.82, 2.24) is 4.98 Å². The van der Waals surface area contributed by atoms with Crippen LogP contribution < -0.4 is 15.5 Å². The first kappa shape index (κ1) is 14.8. The molecule has 5 heteroatoms. The van der Waals surface area contributed by atoms with Crippen LogP contribution in [0.4, 0.5) is 15.9 Å². The molecule has 0 radical (unpaired) electrons. The average Bonchev–Trinajstić information content (AvgIpc) is 2.56. The number of nitrogens with two attached hydrogens (primary N) is 1. The molecule has 1 saturated heterocycles. The van der Waals surface area contributed by atoms with Gasteiger partial charge in [-0.2, -0.15) is 0 Å². The minimum atomic E-state index is -0.233. The predicted octanol–water partition coefficient (Wildman–Crippen LogP) is 2.57. The summed E-state index contributed by atoms with van der Waals surface area (Å²) in [6.45, 7) is 5.44. The topological polar surface area (TPSA) is 45.4 Å². The summed E-state index contributed by atoms with van der Waals surface area (Å²) in [6, 6.07) is 10.7. The normalized spacial score (nSPS) is 16.7. The van der Waals surface area contributed by atoms with Crippen molar-refractivity contribution in [2.75, 3.05) is 36.0 Å². The van der Waals surface area contributed by atoms with Crippen molar-refractivity contribution in [1.29, 1.82) is 0 Å². The van der Waals surface area contributed by atoms with Crippen LogP contribution in [0.3, 0.4) is 0 Å². The van der Waals surface area contributed by atoms with E-state index in [-0.39, 0.29) is 11.9 Å². The molecular formula is C17H21FN4. The first-order valence-electron chi connectivity index (χ1n) is 7.61. The molecule has 1 aliphatic rings. The number of piperazine rings is 1. The molecule has 116 valence electrons. The highest BCUT2D eigenvalue weighted by Gasteiger charge is 2.21. The van der Waals surface area contributed by atoms with Crippen LogP contribution in [0.2, 0.25) is 0 Å².